The van der Waals surface area contributed by atoms with Gasteiger partial charge in [0, 0.05) is 30.8 Å². The van der Waals surface area contributed by atoms with Crippen molar-refractivity contribution in [1.82, 2.24) is 4.31 Å². The molecule has 2 N–H and O–H groups in total. The standard InChI is InChI=1S/C23H27N3O5S/c1-14-6-4-5-7-18(14)24-23(28)17-8-10-26(11-9-17)32(29,30)21-13-20-19(12-15(21)2)25-22(27)16(3)31-20/h4-7,12-13,16-17H,8-11H2,1-3H3,(H,24,28)(H,25,27). The molecular formula is C23H27N3O5S. The zero-order valence-electron chi connectivity index (χ0n) is 18.3. The molecule has 0 radical (unpaired) electrons. The topological polar surface area (TPSA) is 105 Å². The summed E-state index contributed by atoms with van der Waals surface area (Å²) >= 11 is 0. The molecule has 8 nitrogen and oxygen atoms in total. The van der Waals surface area contributed by atoms with E-state index in [1.807, 2.05) is 31.2 Å². The zero-order chi connectivity index (χ0) is 23.0. The van der Waals surface area contributed by atoms with E-state index in [9.17, 15) is 18.0 Å². The number of hydrogen-bond acceptors (Lipinski definition) is 5. The molecule has 32 heavy (non-hydrogen) atoms. The summed E-state index contributed by atoms with van der Waals surface area (Å²) in [4.78, 5) is 24.7. The van der Waals surface area contributed by atoms with Gasteiger partial charge < -0.3 is 15.4 Å². The van der Waals surface area contributed by atoms with E-state index in [0.29, 0.717) is 29.8 Å². The third kappa shape index (κ3) is 4.22. The lowest BCUT2D eigenvalue weighted by Gasteiger charge is -2.31. The Morgan fingerprint density at radius 2 is 1.81 bits per heavy atom. The molecule has 0 aliphatic carbocycles. The lowest BCUT2D eigenvalue weighted by molar-refractivity contribution is -0.123. The maximum atomic E-state index is 13.3. The molecule has 9 heteroatoms. The number of anilines is 2. The van der Waals surface area contributed by atoms with Gasteiger partial charge in [0.25, 0.3) is 5.91 Å². The van der Waals surface area contributed by atoms with E-state index in [0.717, 1.165) is 11.3 Å². The molecule has 2 aromatic carbocycles. The molecule has 1 unspecified atom stereocenters. The predicted molar refractivity (Wildman–Crippen MR) is 121 cm³/mol. The summed E-state index contributed by atoms with van der Waals surface area (Å²) in [5.41, 5.74) is 2.76. The van der Waals surface area contributed by atoms with E-state index in [4.69, 9.17) is 4.74 Å². The van der Waals surface area contributed by atoms with Crippen LogP contribution >= 0.6 is 0 Å². The zero-order valence-corrected chi connectivity index (χ0v) is 19.2. The highest BCUT2D eigenvalue weighted by Gasteiger charge is 2.34. The largest absolute Gasteiger partial charge is 0.479 e. The average molecular weight is 458 g/mol. The summed E-state index contributed by atoms with van der Waals surface area (Å²) < 4.78 is 33.7. The number of ether oxygens (including phenoxy) is 1. The van der Waals surface area contributed by atoms with Gasteiger partial charge in [0.2, 0.25) is 15.9 Å². The molecule has 4 rings (SSSR count). The van der Waals surface area contributed by atoms with Gasteiger partial charge in [-0.1, -0.05) is 18.2 Å². The summed E-state index contributed by atoms with van der Waals surface area (Å²) in [6, 6.07) is 10.7. The van der Waals surface area contributed by atoms with Crippen molar-refractivity contribution in [1.29, 1.82) is 0 Å². The van der Waals surface area contributed by atoms with Crippen molar-refractivity contribution < 1.29 is 22.7 Å². The minimum absolute atomic E-state index is 0.0839. The second kappa shape index (κ2) is 8.55. The van der Waals surface area contributed by atoms with Gasteiger partial charge in [0.05, 0.1) is 10.6 Å². The van der Waals surface area contributed by atoms with Crippen LogP contribution in [0.3, 0.4) is 0 Å². The number of nitrogens with zero attached hydrogens (tertiary/aromatic N) is 1. The van der Waals surface area contributed by atoms with E-state index < -0.39 is 16.1 Å². The third-order valence-electron chi connectivity index (χ3n) is 6.05. The van der Waals surface area contributed by atoms with Gasteiger partial charge in [-0.15, -0.1) is 0 Å². The van der Waals surface area contributed by atoms with Crippen molar-refractivity contribution in [3.63, 3.8) is 0 Å². The number of fused-ring (bicyclic) bond motifs is 1. The molecule has 0 aromatic heterocycles. The van der Waals surface area contributed by atoms with Crippen LogP contribution in [0.1, 0.15) is 30.9 Å². The molecule has 2 aliphatic heterocycles. The van der Waals surface area contributed by atoms with Crippen LogP contribution in [0, 0.1) is 19.8 Å². The molecule has 1 atom stereocenters. The van der Waals surface area contributed by atoms with E-state index in [1.54, 1.807) is 19.9 Å². The molecule has 0 spiro atoms. The number of aryl methyl sites for hydroxylation is 2. The van der Waals surface area contributed by atoms with Crippen molar-refractivity contribution in [2.45, 2.75) is 44.6 Å². The minimum Gasteiger partial charge on any atom is -0.479 e. The number of hydrogen-bond donors (Lipinski definition) is 2. The second-order valence-electron chi connectivity index (χ2n) is 8.35. The van der Waals surface area contributed by atoms with E-state index in [2.05, 4.69) is 10.6 Å². The highest BCUT2D eigenvalue weighted by atomic mass is 32.2. The highest BCUT2D eigenvalue weighted by molar-refractivity contribution is 7.89. The number of nitrogens with one attached hydrogen (secondary N) is 2. The number of amides is 2. The van der Waals surface area contributed by atoms with Gasteiger partial charge in [-0.25, -0.2) is 8.42 Å². The predicted octanol–water partition coefficient (Wildman–Crippen LogP) is 3.06. The summed E-state index contributed by atoms with van der Waals surface area (Å²) in [5.74, 6) is -0.253. The van der Waals surface area contributed by atoms with Crippen molar-refractivity contribution in [3.05, 3.63) is 47.5 Å². The molecule has 2 amide bonds. The van der Waals surface area contributed by atoms with Gasteiger partial charge in [0.15, 0.2) is 6.10 Å². The lowest BCUT2D eigenvalue weighted by atomic mass is 9.97. The Labute approximate surface area is 188 Å². The normalized spacial score (nSPS) is 19.6. The first-order valence-corrected chi connectivity index (χ1v) is 12.1. The van der Waals surface area contributed by atoms with Crippen molar-refractivity contribution >= 4 is 33.2 Å². The first-order valence-electron chi connectivity index (χ1n) is 10.7. The molecule has 2 aromatic rings. The fraction of sp³-hybridized carbons (Fsp3) is 0.391. The maximum absolute atomic E-state index is 13.3. The van der Waals surface area contributed by atoms with Crippen molar-refractivity contribution in [2.24, 2.45) is 5.92 Å². The molecule has 0 saturated carbocycles. The van der Waals surface area contributed by atoms with Crippen molar-refractivity contribution in [3.8, 4) is 5.75 Å². The molecular weight excluding hydrogens is 430 g/mol. The minimum atomic E-state index is -3.76. The number of benzene rings is 2. The Balaban J connectivity index is 1.46. The van der Waals surface area contributed by atoms with Gasteiger partial charge in [-0.3, -0.25) is 9.59 Å². The van der Waals surface area contributed by atoms with Gasteiger partial charge >= 0.3 is 0 Å². The van der Waals surface area contributed by atoms with E-state index in [-0.39, 0.29) is 35.7 Å². The maximum Gasteiger partial charge on any atom is 0.265 e. The van der Waals surface area contributed by atoms with Gasteiger partial charge in [-0.05, 0) is 56.9 Å². The molecule has 1 saturated heterocycles. The fourth-order valence-corrected chi connectivity index (χ4v) is 5.76. The summed E-state index contributed by atoms with van der Waals surface area (Å²) in [5, 5.41) is 5.69. The molecule has 0 bridgehead atoms. The molecule has 2 heterocycles. The van der Waals surface area contributed by atoms with E-state index >= 15 is 0 Å². The van der Waals surface area contributed by atoms with Crippen LogP contribution < -0.4 is 15.4 Å². The summed E-state index contributed by atoms with van der Waals surface area (Å²) in [6.45, 7) is 5.76. The van der Waals surface area contributed by atoms with Crippen LogP contribution in [-0.2, 0) is 19.6 Å². The van der Waals surface area contributed by atoms with Gasteiger partial charge in [0.1, 0.15) is 5.75 Å². The van der Waals surface area contributed by atoms with Crippen LogP contribution in [0.15, 0.2) is 41.3 Å². The van der Waals surface area contributed by atoms with Crippen LogP contribution in [0.4, 0.5) is 11.4 Å². The van der Waals surface area contributed by atoms with Crippen molar-refractivity contribution in [2.75, 3.05) is 23.7 Å². The molecule has 1 fully saturated rings. The lowest BCUT2D eigenvalue weighted by Crippen LogP contribution is -2.41. The Morgan fingerprint density at radius 1 is 1.12 bits per heavy atom. The number of carbonyl (C=O) groups excluding carboxylic acids is 2. The SMILES string of the molecule is Cc1ccccc1NC(=O)C1CCN(S(=O)(=O)c2cc3c(cc2C)NC(=O)C(C)O3)CC1. The number of para-hydroxylation sites is 1. The van der Waals surface area contributed by atoms with E-state index in [1.165, 1.54) is 10.4 Å². The monoisotopic (exact) mass is 457 g/mol. The Kier molecular flexibility index (Phi) is 5.96. The Morgan fingerprint density at radius 3 is 2.50 bits per heavy atom. The number of carbonyl (C=O) groups is 2. The second-order valence-corrected chi connectivity index (χ2v) is 10.3. The van der Waals surface area contributed by atoms with Crippen LogP contribution in [-0.4, -0.2) is 43.7 Å². The Hall–Kier alpha value is -2.91. The fourth-order valence-electron chi connectivity index (χ4n) is 4.07. The third-order valence-corrected chi connectivity index (χ3v) is 8.09. The first-order chi connectivity index (χ1) is 15.2. The van der Waals surface area contributed by atoms with Crippen LogP contribution in [0.25, 0.3) is 0 Å². The molecule has 2 aliphatic rings. The number of sulfonamides is 1. The van der Waals surface area contributed by atoms with Crippen LogP contribution in [0.2, 0.25) is 0 Å². The smallest absolute Gasteiger partial charge is 0.265 e. The summed E-state index contributed by atoms with van der Waals surface area (Å²) in [6.07, 6.45) is 0.206. The van der Waals surface area contributed by atoms with Crippen LogP contribution in [0.5, 0.6) is 5.75 Å². The first kappa shape index (κ1) is 22.3. The highest BCUT2D eigenvalue weighted by Crippen LogP contribution is 2.36. The average Bonchev–Trinajstić information content (AvgIpc) is 2.76. The quantitative estimate of drug-likeness (QED) is 0.734. The molecule has 170 valence electrons. The Bertz CT molecular complexity index is 1170. The summed E-state index contributed by atoms with van der Waals surface area (Å²) in [7, 11) is -3.76. The number of piperidine rings is 1. The van der Waals surface area contributed by atoms with Gasteiger partial charge in [-0.2, -0.15) is 4.31 Å². The number of rotatable bonds is 4.